The number of rotatable bonds is 8. The number of carboxylic acid groups (broad SMARTS) is 1. The van der Waals surface area contributed by atoms with E-state index in [0.717, 1.165) is 23.9 Å². The van der Waals surface area contributed by atoms with Crippen LogP contribution in [0, 0.1) is 11.6 Å². The maximum absolute atomic E-state index is 13.7. The minimum Gasteiger partial charge on any atom is -0.495 e. The third-order valence-corrected chi connectivity index (χ3v) is 7.61. The molecule has 0 radical (unpaired) electrons. The Bertz CT molecular complexity index is 1440. The van der Waals surface area contributed by atoms with Gasteiger partial charge in [-0.1, -0.05) is 30.0 Å². The number of halogens is 2. The van der Waals surface area contributed by atoms with E-state index in [1.165, 1.54) is 53.7 Å². The molecule has 2 amide bonds. The van der Waals surface area contributed by atoms with Crippen molar-refractivity contribution in [3.63, 3.8) is 0 Å². The molecule has 1 aromatic heterocycles. The van der Waals surface area contributed by atoms with Gasteiger partial charge in [-0.2, -0.15) is 0 Å². The lowest BCUT2D eigenvalue weighted by Crippen LogP contribution is -2.31. The average Bonchev–Trinajstić information content (AvgIpc) is 3.39. The summed E-state index contributed by atoms with van der Waals surface area (Å²) < 4.78 is 32.9. The lowest BCUT2D eigenvalue weighted by atomic mass is 10.1. The summed E-state index contributed by atoms with van der Waals surface area (Å²) in [7, 11) is 1.45. The van der Waals surface area contributed by atoms with Crippen molar-refractivity contribution in [2.75, 3.05) is 19.0 Å². The number of carbonyl (C=O) groups excluding carboxylic acids is 2. The van der Waals surface area contributed by atoms with E-state index in [9.17, 15) is 23.2 Å². The highest BCUT2D eigenvalue weighted by molar-refractivity contribution is 8.26. The van der Waals surface area contributed by atoms with Crippen LogP contribution in [0.1, 0.15) is 21.7 Å². The second-order valence-corrected chi connectivity index (χ2v) is 10.3. The molecule has 1 aliphatic heterocycles. The molecule has 3 aromatic rings. The molecular formula is C25H18F2N2O5S3. The monoisotopic (exact) mass is 560 g/mol. The van der Waals surface area contributed by atoms with Crippen LogP contribution < -0.4 is 10.1 Å². The molecule has 2 N–H and O–H groups in total. The fourth-order valence-electron chi connectivity index (χ4n) is 3.48. The van der Waals surface area contributed by atoms with Crippen molar-refractivity contribution >= 4 is 69.2 Å². The van der Waals surface area contributed by atoms with Crippen molar-refractivity contribution < 1.29 is 33.0 Å². The van der Waals surface area contributed by atoms with E-state index in [2.05, 4.69) is 5.32 Å². The Morgan fingerprint density at radius 2 is 1.89 bits per heavy atom. The predicted octanol–water partition coefficient (Wildman–Crippen LogP) is 5.63. The summed E-state index contributed by atoms with van der Waals surface area (Å²) in [6, 6.07) is 9.27. The SMILES string of the molecule is COc1c(-c2ccc(F)c(F)c2)csc1C=C1SC(=S)N(CCC(=O)Nc2ccc(C(=O)O)cc2)C1=O. The normalized spacial score (nSPS) is 14.4. The minimum atomic E-state index is -1.07. The van der Waals surface area contributed by atoms with Gasteiger partial charge in [0, 0.05) is 29.6 Å². The van der Waals surface area contributed by atoms with Gasteiger partial charge in [0.15, 0.2) is 11.6 Å². The highest BCUT2D eigenvalue weighted by Crippen LogP contribution is 2.42. The van der Waals surface area contributed by atoms with Crippen molar-refractivity contribution in [3.8, 4) is 16.9 Å². The van der Waals surface area contributed by atoms with Crippen molar-refractivity contribution in [1.82, 2.24) is 4.90 Å². The van der Waals surface area contributed by atoms with E-state index in [0.29, 0.717) is 36.7 Å². The number of nitrogens with one attached hydrogen (secondary N) is 1. The zero-order valence-corrected chi connectivity index (χ0v) is 21.6. The molecule has 0 bridgehead atoms. The number of thiocarbonyl (C=S) groups is 1. The standard InChI is InChI=1S/C25H18F2N2O5S3/c1-34-22-16(14-4-7-17(26)18(27)10-14)12-36-19(22)11-20-23(31)29(25(35)37-20)9-8-21(30)28-15-5-2-13(3-6-15)24(32)33/h2-7,10-12H,8-9H2,1H3,(H,28,30)(H,32,33). The molecular weight excluding hydrogens is 542 g/mol. The number of ether oxygens (including phenoxy) is 1. The van der Waals surface area contributed by atoms with Crippen molar-refractivity contribution in [3.05, 3.63) is 74.8 Å². The smallest absolute Gasteiger partial charge is 0.335 e. The molecule has 2 heterocycles. The maximum Gasteiger partial charge on any atom is 0.335 e. The van der Waals surface area contributed by atoms with Crippen molar-refractivity contribution in [2.24, 2.45) is 0 Å². The van der Waals surface area contributed by atoms with Crippen molar-refractivity contribution in [1.29, 1.82) is 0 Å². The zero-order valence-electron chi connectivity index (χ0n) is 19.1. The molecule has 0 saturated carbocycles. The number of thiophene rings is 1. The Kier molecular flexibility index (Phi) is 8.00. The number of aromatic carboxylic acids is 1. The molecule has 190 valence electrons. The molecule has 0 atom stereocenters. The largest absolute Gasteiger partial charge is 0.495 e. The zero-order chi connectivity index (χ0) is 26.7. The summed E-state index contributed by atoms with van der Waals surface area (Å²) in [5.41, 5.74) is 1.52. The summed E-state index contributed by atoms with van der Waals surface area (Å²) in [4.78, 5) is 38.5. The number of amides is 2. The Morgan fingerprint density at radius 3 is 2.54 bits per heavy atom. The first kappa shape index (κ1) is 26.5. The number of thioether (sulfide) groups is 1. The van der Waals surface area contributed by atoms with Gasteiger partial charge in [-0.25, -0.2) is 13.6 Å². The maximum atomic E-state index is 13.7. The fraction of sp³-hybridized carbons (Fsp3) is 0.120. The lowest BCUT2D eigenvalue weighted by molar-refractivity contribution is -0.122. The number of methoxy groups -OCH3 is 1. The second-order valence-electron chi connectivity index (χ2n) is 7.69. The van der Waals surface area contributed by atoms with Crippen LogP contribution in [0.4, 0.5) is 14.5 Å². The summed E-state index contributed by atoms with van der Waals surface area (Å²) in [5, 5.41) is 13.3. The van der Waals surface area contributed by atoms with Crippen LogP contribution in [0.2, 0.25) is 0 Å². The third-order valence-electron chi connectivity index (χ3n) is 5.32. The van der Waals surface area contributed by atoms with Gasteiger partial charge in [-0.05, 0) is 48.0 Å². The summed E-state index contributed by atoms with van der Waals surface area (Å²) in [6.45, 7) is 0.0583. The Labute approximate surface area is 223 Å². The second kappa shape index (κ2) is 11.2. The van der Waals surface area contributed by atoms with Gasteiger partial charge in [-0.3, -0.25) is 14.5 Å². The minimum absolute atomic E-state index is 0.0248. The Hall–Kier alpha value is -3.61. The number of hydrogen-bond acceptors (Lipinski definition) is 7. The van der Waals surface area contributed by atoms with Crippen LogP contribution in [0.25, 0.3) is 17.2 Å². The van der Waals surface area contributed by atoms with Crippen molar-refractivity contribution in [2.45, 2.75) is 6.42 Å². The van der Waals surface area contributed by atoms with E-state index in [1.54, 1.807) is 11.5 Å². The number of anilines is 1. The van der Waals surface area contributed by atoms with Gasteiger partial charge in [0.1, 0.15) is 10.1 Å². The van der Waals surface area contributed by atoms with Crippen LogP contribution in [0.5, 0.6) is 5.75 Å². The molecule has 1 aliphatic rings. The van der Waals surface area contributed by atoms with Crippen LogP contribution >= 0.6 is 35.3 Å². The summed E-state index contributed by atoms with van der Waals surface area (Å²) >= 11 is 7.70. The highest BCUT2D eigenvalue weighted by atomic mass is 32.2. The topological polar surface area (TPSA) is 95.9 Å². The van der Waals surface area contributed by atoms with E-state index < -0.39 is 17.6 Å². The van der Waals surface area contributed by atoms with E-state index >= 15 is 0 Å². The van der Waals surface area contributed by atoms with Crippen LogP contribution in [-0.4, -0.2) is 45.8 Å². The molecule has 0 spiro atoms. The van der Waals surface area contributed by atoms with Gasteiger partial charge in [0.2, 0.25) is 5.91 Å². The first-order valence-corrected chi connectivity index (χ1v) is 12.8. The molecule has 7 nitrogen and oxygen atoms in total. The first-order valence-electron chi connectivity index (χ1n) is 10.7. The van der Waals surface area contributed by atoms with Gasteiger partial charge in [0.05, 0.1) is 22.5 Å². The molecule has 12 heteroatoms. The van der Waals surface area contributed by atoms with E-state index in [4.69, 9.17) is 22.1 Å². The van der Waals surface area contributed by atoms with Gasteiger partial charge in [0.25, 0.3) is 5.91 Å². The number of nitrogens with zero attached hydrogens (tertiary/aromatic N) is 1. The van der Waals surface area contributed by atoms with Gasteiger partial charge >= 0.3 is 5.97 Å². The number of carbonyl (C=O) groups is 3. The summed E-state index contributed by atoms with van der Waals surface area (Å²) in [5.74, 6) is -3.31. The quantitative estimate of drug-likeness (QED) is 0.272. The van der Waals surface area contributed by atoms with Crippen LogP contribution in [0.15, 0.2) is 52.7 Å². The average molecular weight is 561 g/mol. The van der Waals surface area contributed by atoms with Gasteiger partial charge < -0.3 is 15.2 Å². The van der Waals surface area contributed by atoms with Gasteiger partial charge in [-0.15, -0.1) is 11.3 Å². The molecule has 0 aliphatic carbocycles. The third kappa shape index (κ3) is 5.87. The molecule has 2 aromatic carbocycles. The molecule has 4 rings (SSSR count). The number of hydrogen-bond donors (Lipinski definition) is 2. The van der Waals surface area contributed by atoms with Crippen LogP contribution in [-0.2, 0) is 9.59 Å². The Balaban J connectivity index is 1.44. The predicted molar refractivity (Wildman–Crippen MR) is 143 cm³/mol. The molecule has 37 heavy (non-hydrogen) atoms. The number of benzene rings is 2. The highest BCUT2D eigenvalue weighted by Gasteiger charge is 2.32. The first-order chi connectivity index (χ1) is 17.7. The lowest BCUT2D eigenvalue weighted by Gasteiger charge is -2.14. The Morgan fingerprint density at radius 1 is 1.16 bits per heavy atom. The van der Waals surface area contributed by atoms with E-state index in [1.807, 2.05) is 0 Å². The molecule has 0 unspecified atom stereocenters. The van der Waals surface area contributed by atoms with E-state index in [-0.39, 0.29) is 30.3 Å². The molecule has 1 fully saturated rings. The summed E-state index contributed by atoms with van der Waals surface area (Å²) in [6.07, 6.45) is 1.60. The fourth-order valence-corrected chi connectivity index (χ4v) is 5.82. The number of carboxylic acids is 1. The van der Waals surface area contributed by atoms with Crippen LogP contribution in [0.3, 0.4) is 0 Å². The molecule has 1 saturated heterocycles.